The van der Waals surface area contributed by atoms with E-state index in [1.165, 1.54) is 6.42 Å². The molecule has 1 fully saturated rings. The summed E-state index contributed by atoms with van der Waals surface area (Å²) in [7, 11) is 0. The Bertz CT molecular complexity index is 245. The van der Waals surface area contributed by atoms with Crippen LogP contribution in [-0.4, -0.2) is 33.3 Å². The molecule has 0 spiro atoms. The van der Waals surface area contributed by atoms with Crippen LogP contribution >= 0.6 is 24.0 Å². The standard InChI is InChI=1S/C12H21NOS2/c1-3-13(4-2)11(15)16-12(10-14)8-6-5-7-9-12/h10H,3-9H2,1-2H3. The van der Waals surface area contributed by atoms with Gasteiger partial charge in [0.25, 0.3) is 0 Å². The second-order valence-corrected chi connectivity index (χ2v) is 6.33. The summed E-state index contributed by atoms with van der Waals surface area (Å²) in [6.07, 6.45) is 6.69. The second kappa shape index (κ2) is 6.60. The number of thioether (sulfide) groups is 1. The fourth-order valence-corrected chi connectivity index (χ4v) is 4.15. The van der Waals surface area contributed by atoms with Gasteiger partial charge in [-0.25, -0.2) is 0 Å². The first kappa shape index (κ1) is 14.0. The van der Waals surface area contributed by atoms with Gasteiger partial charge in [0.1, 0.15) is 10.6 Å². The number of carbonyl (C=O) groups excluding carboxylic acids is 1. The molecule has 2 nitrogen and oxygen atoms in total. The van der Waals surface area contributed by atoms with Gasteiger partial charge in [-0.3, -0.25) is 0 Å². The molecule has 0 bridgehead atoms. The minimum atomic E-state index is -0.224. The molecule has 4 heteroatoms. The van der Waals surface area contributed by atoms with Crippen molar-refractivity contribution < 1.29 is 4.79 Å². The summed E-state index contributed by atoms with van der Waals surface area (Å²) in [5.41, 5.74) is 0. The lowest BCUT2D eigenvalue weighted by Crippen LogP contribution is -2.36. The van der Waals surface area contributed by atoms with Crippen LogP contribution in [-0.2, 0) is 4.79 Å². The molecule has 0 radical (unpaired) electrons. The van der Waals surface area contributed by atoms with Gasteiger partial charge < -0.3 is 9.69 Å². The van der Waals surface area contributed by atoms with Gasteiger partial charge in [0.15, 0.2) is 0 Å². The normalized spacial score (nSPS) is 19.1. The molecule has 0 aliphatic heterocycles. The van der Waals surface area contributed by atoms with E-state index in [1.807, 2.05) is 0 Å². The third-order valence-corrected chi connectivity index (χ3v) is 5.08. The highest BCUT2D eigenvalue weighted by Crippen LogP contribution is 2.39. The molecular weight excluding hydrogens is 238 g/mol. The van der Waals surface area contributed by atoms with E-state index >= 15 is 0 Å². The maximum absolute atomic E-state index is 11.3. The number of hydrogen-bond acceptors (Lipinski definition) is 3. The Morgan fingerprint density at radius 2 is 1.88 bits per heavy atom. The number of nitrogens with zero attached hydrogens (tertiary/aromatic N) is 1. The summed E-state index contributed by atoms with van der Waals surface area (Å²) < 4.78 is 0.664. The fraction of sp³-hybridized carbons (Fsp3) is 0.833. The minimum absolute atomic E-state index is 0.224. The molecule has 92 valence electrons. The van der Waals surface area contributed by atoms with Gasteiger partial charge in [0, 0.05) is 13.1 Å². The van der Waals surface area contributed by atoms with E-state index < -0.39 is 0 Å². The molecule has 1 rings (SSSR count). The van der Waals surface area contributed by atoms with Crippen LogP contribution in [0.15, 0.2) is 0 Å². The average molecular weight is 259 g/mol. The van der Waals surface area contributed by atoms with Crippen molar-refractivity contribution in [3.8, 4) is 0 Å². The molecule has 1 saturated carbocycles. The van der Waals surface area contributed by atoms with Crippen LogP contribution in [0.1, 0.15) is 46.0 Å². The molecule has 0 aromatic carbocycles. The molecule has 0 heterocycles. The predicted octanol–water partition coefficient (Wildman–Crippen LogP) is 3.25. The highest BCUT2D eigenvalue weighted by Gasteiger charge is 2.34. The van der Waals surface area contributed by atoms with Crippen molar-refractivity contribution in [2.24, 2.45) is 0 Å². The third kappa shape index (κ3) is 3.45. The SMILES string of the molecule is CCN(CC)C(=S)SC1(C=O)CCCCC1. The van der Waals surface area contributed by atoms with Gasteiger partial charge in [-0.2, -0.15) is 0 Å². The van der Waals surface area contributed by atoms with Crippen molar-refractivity contribution in [1.82, 2.24) is 4.90 Å². The molecule has 0 aromatic rings. The molecule has 0 N–H and O–H groups in total. The lowest BCUT2D eigenvalue weighted by molar-refractivity contribution is -0.110. The van der Waals surface area contributed by atoms with Crippen LogP contribution in [0.4, 0.5) is 0 Å². The largest absolute Gasteiger partial charge is 0.358 e. The molecule has 16 heavy (non-hydrogen) atoms. The Morgan fingerprint density at radius 3 is 2.31 bits per heavy atom. The summed E-state index contributed by atoms with van der Waals surface area (Å²) in [6, 6.07) is 0. The summed E-state index contributed by atoms with van der Waals surface area (Å²) in [5, 5.41) is 0. The average Bonchev–Trinajstić information content (AvgIpc) is 2.32. The summed E-state index contributed by atoms with van der Waals surface area (Å²) in [6.45, 7) is 6.06. The Morgan fingerprint density at radius 1 is 1.31 bits per heavy atom. The van der Waals surface area contributed by atoms with Crippen molar-refractivity contribution in [3.05, 3.63) is 0 Å². The van der Waals surface area contributed by atoms with Crippen molar-refractivity contribution >= 4 is 34.6 Å². The molecule has 0 aromatic heterocycles. The van der Waals surface area contributed by atoms with Crippen molar-refractivity contribution in [2.45, 2.75) is 50.7 Å². The van der Waals surface area contributed by atoms with Gasteiger partial charge in [0.05, 0.1) is 4.75 Å². The molecule has 1 aliphatic carbocycles. The number of rotatable bonds is 4. The van der Waals surface area contributed by atoms with Gasteiger partial charge in [0.2, 0.25) is 0 Å². The van der Waals surface area contributed by atoms with Crippen molar-refractivity contribution in [3.63, 3.8) is 0 Å². The lowest BCUT2D eigenvalue weighted by atomic mass is 9.89. The zero-order valence-electron chi connectivity index (χ0n) is 10.2. The van der Waals surface area contributed by atoms with Gasteiger partial charge in [-0.1, -0.05) is 43.2 Å². The van der Waals surface area contributed by atoms with Gasteiger partial charge >= 0.3 is 0 Å². The predicted molar refractivity (Wildman–Crippen MR) is 75.0 cm³/mol. The van der Waals surface area contributed by atoms with Crippen molar-refractivity contribution in [1.29, 1.82) is 0 Å². The maximum atomic E-state index is 11.3. The van der Waals surface area contributed by atoms with Crippen LogP contribution in [0.5, 0.6) is 0 Å². The van der Waals surface area contributed by atoms with Crippen LogP contribution in [0.2, 0.25) is 0 Å². The molecule has 0 atom stereocenters. The molecule has 1 aliphatic rings. The molecule has 0 amide bonds. The lowest BCUT2D eigenvalue weighted by Gasteiger charge is -2.33. The summed E-state index contributed by atoms with van der Waals surface area (Å²) in [5.74, 6) is 0. The first-order chi connectivity index (χ1) is 7.67. The first-order valence-electron chi connectivity index (χ1n) is 6.11. The number of thiocarbonyl (C=S) groups is 1. The number of aldehydes is 1. The van der Waals surface area contributed by atoms with Crippen LogP contribution in [0, 0.1) is 0 Å². The third-order valence-electron chi connectivity index (χ3n) is 3.23. The maximum Gasteiger partial charge on any atom is 0.137 e. The summed E-state index contributed by atoms with van der Waals surface area (Å²) >= 11 is 7.04. The smallest absolute Gasteiger partial charge is 0.137 e. The summed E-state index contributed by atoms with van der Waals surface area (Å²) in [4.78, 5) is 13.5. The molecule has 0 saturated heterocycles. The minimum Gasteiger partial charge on any atom is -0.358 e. The van der Waals surface area contributed by atoms with E-state index in [4.69, 9.17) is 12.2 Å². The van der Waals surface area contributed by atoms with Crippen LogP contribution in [0.25, 0.3) is 0 Å². The zero-order valence-corrected chi connectivity index (χ0v) is 11.8. The van der Waals surface area contributed by atoms with E-state index in [2.05, 4.69) is 18.7 Å². The fourth-order valence-electron chi connectivity index (χ4n) is 2.11. The highest BCUT2D eigenvalue weighted by atomic mass is 32.2. The highest BCUT2D eigenvalue weighted by molar-refractivity contribution is 8.24. The Balaban J connectivity index is 2.61. The number of carbonyl (C=O) groups is 1. The van der Waals surface area contributed by atoms with Crippen LogP contribution < -0.4 is 0 Å². The van der Waals surface area contributed by atoms with E-state index in [9.17, 15) is 4.79 Å². The second-order valence-electron chi connectivity index (χ2n) is 4.28. The Kier molecular flexibility index (Phi) is 5.76. The number of hydrogen-bond donors (Lipinski definition) is 0. The first-order valence-corrected chi connectivity index (χ1v) is 7.34. The Labute approximate surface area is 108 Å². The zero-order chi connectivity index (χ0) is 12.0. The molecule has 0 unspecified atom stereocenters. The van der Waals surface area contributed by atoms with E-state index in [0.717, 1.165) is 49.4 Å². The van der Waals surface area contributed by atoms with Gasteiger partial charge in [-0.05, 0) is 26.7 Å². The van der Waals surface area contributed by atoms with Crippen molar-refractivity contribution in [2.75, 3.05) is 13.1 Å². The topological polar surface area (TPSA) is 20.3 Å². The van der Waals surface area contributed by atoms with E-state index in [0.29, 0.717) is 0 Å². The monoisotopic (exact) mass is 259 g/mol. The van der Waals surface area contributed by atoms with Crippen LogP contribution in [0.3, 0.4) is 0 Å². The van der Waals surface area contributed by atoms with E-state index in [1.54, 1.807) is 11.8 Å². The Hall–Kier alpha value is -0.0900. The van der Waals surface area contributed by atoms with E-state index in [-0.39, 0.29) is 4.75 Å². The quantitative estimate of drug-likeness (QED) is 0.570. The van der Waals surface area contributed by atoms with Gasteiger partial charge in [-0.15, -0.1) is 0 Å². The molecular formula is C12H21NOS2.